The molecular weight excluding hydrogens is 440 g/mol. The Morgan fingerprint density at radius 1 is 1.00 bits per heavy atom. The van der Waals surface area contributed by atoms with Crippen LogP contribution in [0.15, 0.2) is 11.6 Å². The summed E-state index contributed by atoms with van der Waals surface area (Å²) in [5.74, 6) is 0.828. The molecule has 198 valence electrons. The van der Waals surface area contributed by atoms with Crippen molar-refractivity contribution in [2.24, 2.45) is 56.7 Å². The number of aliphatic hydroxyl groups excluding tert-OH is 3. The van der Waals surface area contributed by atoms with Gasteiger partial charge in [-0.15, -0.1) is 0 Å². The number of aliphatic carboxylic acids is 1. The van der Waals surface area contributed by atoms with Gasteiger partial charge in [-0.05, 0) is 97.2 Å². The first-order valence-electron chi connectivity index (χ1n) is 14.1. The van der Waals surface area contributed by atoms with Crippen molar-refractivity contribution in [3.63, 3.8) is 0 Å². The summed E-state index contributed by atoms with van der Waals surface area (Å²) in [7, 11) is 0. The molecule has 5 heteroatoms. The van der Waals surface area contributed by atoms with Gasteiger partial charge in [0, 0.05) is 5.41 Å². The highest BCUT2D eigenvalue weighted by atomic mass is 16.4. The first kappa shape index (κ1) is 25.7. The molecule has 0 spiro atoms. The summed E-state index contributed by atoms with van der Waals surface area (Å²) in [4.78, 5) is 12.8. The fourth-order valence-corrected chi connectivity index (χ4v) is 11.0. The summed E-state index contributed by atoms with van der Waals surface area (Å²) in [6, 6.07) is 0. The summed E-state index contributed by atoms with van der Waals surface area (Å²) in [5.41, 5.74) is -0.214. The molecule has 4 fully saturated rings. The van der Waals surface area contributed by atoms with E-state index >= 15 is 0 Å². The van der Waals surface area contributed by atoms with Crippen molar-refractivity contribution in [3.8, 4) is 0 Å². The van der Waals surface area contributed by atoms with E-state index in [2.05, 4.69) is 40.7 Å². The van der Waals surface area contributed by atoms with Gasteiger partial charge in [0.15, 0.2) is 0 Å². The number of carboxylic acid groups (broad SMARTS) is 1. The highest BCUT2D eigenvalue weighted by Crippen LogP contribution is 2.75. The number of rotatable bonds is 2. The molecule has 5 rings (SSSR count). The number of hydrogen-bond acceptors (Lipinski definition) is 4. The van der Waals surface area contributed by atoms with Crippen LogP contribution in [0.1, 0.15) is 92.9 Å². The largest absolute Gasteiger partial charge is 0.481 e. The quantitative estimate of drug-likeness (QED) is 0.409. The van der Waals surface area contributed by atoms with Crippen molar-refractivity contribution in [1.29, 1.82) is 0 Å². The van der Waals surface area contributed by atoms with Crippen molar-refractivity contribution in [3.05, 3.63) is 11.6 Å². The van der Waals surface area contributed by atoms with Crippen molar-refractivity contribution in [2.75, 3.05) is 6.61 Å². The van der Waals surface area contributed by atoms with Gasteiger partial charge in [0.1, 0.15) is 0 Å². The molecular formula is C30H48O5. The Labute approximate surface area is 211 Å². The standard InChI is InChI=1S/C30H48O5/c1-17-9-12-30(25(34)35)14-13-28(5)19(23(30)18(17)2)7-8-22-26(3)15-20(32)24(33)27(4,16-31)21(26)10-11-29(22,28)6/h7,17-18,20-24,31-33H,8-16H2,1-6H3,(H,34,35)/t17-,18+,20-,21+,22-,23-,24-,26-,27-,28+,29-,30-/m0/s1. The highest BCUT2D eigenvalue weighted by molar-refractivity contribution is 5.76. The number of carbonyl (C=O) groups is 1. The molecule has 5 nitrogen and oxygen atoms in total. The molecule has 0 aromatic rings. The monoisotopic (exact) mass is 488 g/mol. The maximum atomic E-state index is 12.8. The SMILES string of the molecule is C[C@H]1[C@H]2C3=CC[C@H]4[C@@]5(C)C[C@H](O)[C@H](O)[C@@](C)(CO)[C@@H]5CC[C@]4(C)[C@]3(C)CC[C@@]2(C(=O)O)CC[C@@H]1C. The van der Waals surface area contributed by atoms with Crippen LogP contribution in [0.4, 0.5) is 0 Å². The molecule has 0 heterocycles. The van der Waals surface area contributed by atoms with Crippen molar-refractivity contribution in [2.45, 2.75) is 105 Å². The number of hydrogen-bond donors (Lipinski definition) is 4. The minimum absolute atomic E-state index is 0.00815. The van der Waals surface area contributed by atoms with E-state index < -0.39 is 29.0 Å². The Balaban J connectivity index is 1.62. The molecule has 0 unspecified atom stereocenters. The van der Waals surface area contributed by atoms with Gasteiger partial charge in [-0.1, -0.05) is 53.2 Å². The predicted molar refractivity (Wildman–Crippen MR) is 135 cm³/mol. The Morgan fingerprint density at radius 3 is 2.31 bits per heavy atom. The lowest BCUT2D eigenvalue weighted by Gasteiger charge is -2.71. The predicted octanol–water partition coefficient (Wildman–Crippen LogP) is 5.03. The molecule has 0 amide bonds. The van der Waals surface area contributed by atoms with Crippen LogP contribution in [0, 0.1) is 56.7 Å². The number of fused-ring (bicyclic) bond motifs is 7. The lowest BCUT2D eigenvalue weighted by molar-refractivity contribution is -0.244. The zero-order valence-corrected chi connectivity index (χ0v) is 22.7. The lowest BCUT2D eigenvalue weighted by Crippen LogP contribution is -2.68. The first-order valence-corrected chi connectivity index (χ1v) is 14.1. The van der Waals surface area contributed by atoms with Crippen LogP contribution in [0.3, 0.4) is 0 Å². The third-order valence-electron chi connectivity index (χ3n) is 13.5. The van der Waals surface area contributed by atoms with Gasteiger partial charge in [-0.3, -0.25) is 4.79 Å². The second-order valence-corrected chi connectivity index (χ2v) is 14.5. The fraction of sp³-hybridized carbons (Fsp3) is 0.900. The molecule has 5 aliphatic rings. The number of carboxylic acids is 1. The molecule has 4 saturated carbocycles. The summed E-state index contributed by atoms with van der Waals surface area (Å²) < 4.78 is 0. The number of aliphatic hydroxyl groups is 3. The normalized spacial score (nSPS) is 57.7. The Kier molecular flexibility index (Phi) is 5.73. The van der Waals surface area contributed by atoms with Gasteiger partial charge in [0.05, 0.1) is 24.2 Å². The van der Waals surface area contributed by atoms with Gasteiger partial charge in [-0.25, -0.2) is 0 Å². The average Bonchev–Trinajstić information content (AvgIpc) is 2.80. The molecule has 5 aliphatic carbocycles. The maximum absolute atomic E-state index is 12.8. The topological polar surface area (TPSA) is 98.0 Å². The maximum Gasteiger partial charge on any atom is 0.310 e. The van der Waals surface area contributed by atoms with Crippen LogP contribution in [0.5, 0.6) is 0 Å². The molecule has 4 N–H and O–H groups in total. The van der Waals surface area contributed by atoms with Gasteiger partial charge in [0.25, 0.3) is 0 Å². The van der Waals surface area contributed by atoms with Crippen LogP contribution >= 0.6 is 0 Å². The van der Waals surface area contributed by atoms with Crippen LogP contribution in [0.2, 0.25) is 0 Å². The Bertz CT molecular complexity index is 930. The average molecular weight is 489 g/mol. The molecule has 35 heavy (non-hydrogen) atoms. The summed E-state index contributed by atoms with van der Waals surface area (Å²) in [6.07, 6.45) is 7.51. The summed E-state index contributed by atoms with van der Waals surface area (Å²) in [5, 5.41) is 42.9. The second kappa shape index (κ2) is 7.80. The van der Waals surface area contributed by atoms with Gasteiger partial charge in [0.2, 0.25) is 0 Å². The van der Waals surface area contributed by atoms with Gasteiger partial charge >= 0.3 is 5.97 Å². The third kappa shape index (κ3) is 2.95. The molecule has 0 saturated heterocycles. The Morgan fingerprint density at radius 2 is 1.69 bits per heavy atom. The van der Waals surface area contributed by atoms with Crippen LogP contribution < -0.4 is 0 Å². The van der Waals surface area contributed by atoms with E-state index in [4.69, 9.17) is 0 Å². The van der Waals surface area contributed by atoms with Crippen LogP contribution in [-0.2, 0) is 4.79 Å². The van der Waals surface area contributed by atoms with E-state index in [1.807, 2.05) is 6.92 Å². The van der Waals surface area contributed by atoms with Gasteiger partial charge < -0.3 is 20.4 Å². The first-order chi connectivity index (χ1) is 16.2. The highest BCUT2D eigenvalue weighted by Gasteiger charge is 2.70. The smallest absolute Gasteiger partial charge is 0.310 e. The van der Waals surface area contributed by atoms with Crippen molar-refractivity contribution >= 4 is 5.97 Å². The van der Waals surface area contributed by atoms with Crippen LogP contribution in [0.25, 0.3) is 0 Å². The van der Waals surface area contributed by atoms with E-state index in [1.54, 1.807) is 0 Å². The zero-order chi connectivity index (χ0) is 25.8. The van der Waals surface area contributed by atoms with Crippen molar-refractivity contribution in [1.82, 2.24) is 0 Å². The second-order valence-electron chi connectivity index (χ2n) is 14.5. The van der Waals surface area contributed by atoms with Crippen molar-refractivity contribution < 1.29 is 25.2 Å². The third-order valence-corrected chi connectivity index (χ3v) is 13.5. The Hall–Kier alpha value is -0.910. The zero-order valence-electron chi connectivity index (χ0n) is 22.7. The van der Waals surface area contributed by atoms with E-state index in [-0.39, 0.29) is 34.7 Å². The lowest BCUT2D eigenvalue weighted by atomic mass is 9.33. The molecule has 0 bridgehead atoms. The molecule has 0 aromatic heterocycles. The summed E-state index contributed by atoms with van der Waals surface area (Å²) in [6.45, 7) is 13.6. The van der Waals surface area contributed by atoms with Crippen LogP contribution in [-0.4, -0.2) is 45.2 Å². The van der Waals surface area contributed by atoms with E-state index in [9.17, 15) is 25.2 Å². The molecule has 0 aliphatic heterocycles. The minimum Gasteiger partial charge on any atom is -0.481 e. The van der Waals surface area contributed by atoms with E-state index in [0.29, 0.717) is 24.2 Å². The number of allylic oxidation sites excluding steroid dienone is 2. The minimum atomic E-state index is -0.907. The molecule has 0 aromatic carbocycles. The fourth-order valence-electron chi connectivity index (χ4n) is 11.0. The summed E-state index contributed by atoms with van der Waals surface area (Å²) >= 11 is 0. The van der Waals surface area contributed by atoms with Gasteiger partial charge in [-0.2, -0.15) is 0 Å². The van der Waals surface area contributed by atoms with E-state index in [1.165, 1.54) is 5.57 Å². The van der Waals surface area contributed by atoms with E-state index in [0.717, 1.165) is 44.9 Å². The molecule has 0 radical (unpaired) electrons. The molecule has 12 atom stereocenters.